The van der Waals surface area contributed by atoms with Crippen LogP contribution in [0, 0.1) is 6.92 Å². The summed E-state index contributed by atoms with van der Waals surface area (Å²) < 4.78 is 42.8. The molecule has 0 spiro atoms. The van der Waals surface area contributed by atoms with E-state index in [0.29, 0.717) is 10.7 Å². The number of ketones is 1. The Bertz CT molecular complexity index is 1650. The maximum Gasteiger partial charge on any atom is 0.416 e. The van der Waals surface area contributed by atoms with E-state index in [9.17, 15) is 22.8 Å². The lowest BCUT2D eigenvalue weighted by Crippen LogP contribution is -2.22. The third-order valence-electron chi connectivity index (χ3n) is 5.93. The fraction of sp³-hybridized carbons (Fsp3) is 0.111. The Hall–Kier alpha value is -4.18. The van der Waals surface area contributed by atoms with Gasteiger partial charge in [0.15, 0.2) is 10.9 Å². The second-order valence-electron chi connectivity index (χ2n) is 8.24. The Balaban J connectivity index is 1.56. The molecule has 2 aromatic heterocycles. The van der Waals surface area contributed by atoms with E-state index in [4.69, 9.17) is 0 Å². The molecular weight excluding hydrogens is 501 g/mol. The zero-order valence-corrected chi connectivity index (χ0v) is 20.2. The van der Waals surface area contributed by atoms with Crippen LogP contribution in [-0.2, 0) is 6.18 Å². The Morgan fingerprint density at radius 1 is 0.892 bits per heavy atom. The molecule has 186 valence electrons. The molecule has 2 heterocycles. The molecule has 10 heteroatoms. The highest BCUT2D eigenvalue weighted by atomic mass is 32.2. The van der Waals surface area contributed by atoms with Crippen molar-refractivity contribution in [3.8, 4) is 5.69 Å². The lowest BCUT2D eigenvalue weighted by Gasteiger charge is -2.16. The molecule has 5 rings (SSSR count). The van der Waals surface area contributed by atoms with Gasteiger partial charge >= 0.3 is 11.7 Å². The zero-order valence-electron chi connectivity index (χ0n) is 19.4. The van der Waals surface area contributed by atoms with Crippen molar-refractivity contribution in [3.63, 3.8) is 0 Å². The fourth-order valence-corrected chi connectivity index (χ4v) is 5.18. The number of thioether (sulfide) groups is 1. The number of carbonyl (C=O) groups is 1. The molecule has 0 saturated carbocycles. The van der Waals surface area contributed by atoms with Gasteiger partial charge in [0.05, 0.1) is 11.3 Å². The van der Waals surface area contributed by atoms with E-state index in [0.717, 1.165) is 28.0 Å². The van der Waals surface area contributed by atoms with Crippen molar-refractivity contribution in [2.75, 3.05) is 0 Å². The van der Waals surface area contributed by atoms with Gasteiger partial charge in [0.25, 0.3) is 0 Å². The molecule has 0 aliphatic heterocycles. The summed E-state index contributed by atoms with van der Waals surface area (Å²) in [4.78, 5) is 26.7. The number of halogens is 3. The van der Waals surface area contributed by atoms with Crippen LogP contribution in [0.5, 0.6) is 0 Å². The Kier molecular flexibility index (Phi) is 6.43. The predicted octanol–water partition coefficient (Wildman–Crippen LogP) is 5.92. The second kappa shape index (κ2) is 9.70. The van der Waals surface area contributed by atoms with Crippen molar-refractivity contribution in [2.24, 2.45) is 0 Å². The summed E-state index contributed by atoms with van der Waals surface area (Å²) in [5.41, 5.74) is -0.212. The van der Waals surface area contributed by atoms with Gasteiger partial charge < -0.3 is 0 Å². The van der Waals surface area contributed by atoms with Gasteiger partial charge in [-0.15, -0.1) is 10.2 Å². The highest BCUT2D eigenvalue weighted by Gasteiger charge is 2.33. The van der Waals surface area contributed by atoms with Crippen LogP contribution in [0.25, 0.3) is 11.3 Å². The number of fused-ring (bicyclic) bond motifs is 1. The summed E-state index contributed by atoms with van der Waals surface area (Å²) in [7, 11) is 0. The number of nitrogens with zero attached hydrogens (tertiary/aromatic N) is 4. The zero-order chi connectivity index (χ0) is 26.2. The Morgan fingerprint density at radius 3 is 2.24 bits per heavy atom. The molecule has 0 aliphatic rings. The summed E-state index contributed by atoms with van der Waals surface area (Å²) >= 11 is 1.14. The van der Waals surface area contributed by atoms with Crippen molar-refractivity contribution in [3.05, 3.63) is 124 Å². The number of carbonyl (C=O) groups excluding carboxylic acids is 1. The first-order valence-electron chi connectivity index (χ1n) is 11.2. The van der Waals surface area contributed by atoms with E-state index in [1.54, 1.807) is 24.3 Å². The maximum atomic E-state index is 13.4. The first kappa shape index (κ1) is 24.5. The second-order valence-corrected chi connectivity index (χ2v) is 9.31. The standard InChI is InChI=1S/C27H19F3N4O2S/c1-17-20(27(28,29)30)13-8-14-21(17)33-15-16-34-24(25(33)36)31-32-26(34)37-23(19-11-6-3-7-12-19)22(35)18-9-4-2-5-10-18/h2-16,23H,1H3. The van der Waals surface area contributed by atoms with Crippen LogP contribution in [-0.4, -0.2) is 24.9 Å². The van der Waals surface area contributed by atoms with E-state index >= 15 is 0 Å². The van der Waals surface area contributed by atoms with Crippen LogP contribution in [0.2, 0.25) is 0 Å². The lowest BCUT2D eigenvalue weighted by atomic mass is 10.0. The normalized spacial score (nSPS) is 12.5. The molecule has 1 atom stereocenters. The largest absolute Gasteiger partial charge is 0.416 e. The molecule has 0 N–H and O–H groups in total. The summed E-state index contributed by atoms with van der Waals surface area (Å²) in [5, 5.41) is 7.79. The predicted molar refractivity (Wildman–Crippen MR) is 134 cm³/mol. The van der Waals surface area contributed by atoms with Gasteiger partial charge in [-0.1, -0.05) is 78.5 Å². The van der Waals surface area contributed by atoms with E-state index < -0.39 is 22.5 Å². The quantitative estimate of drug-likeness (QED) is 0.205. The molecular formula is C27H19F3N4O2S. The average molecular weight is 521 g/mol. The fourth-order valence-electron chi connectivity index (χ4n) is 4.09. The first-order valence-corrected chi connectivity index (χ1v) is 12.1. The Morgan fingerprint density at radius 2 is 1.57 bits per heavy atom. The average Bonchev–Trinajstić information content (AvgIpc) is 3.31. The van der Waals surface area contributed by atoms with Gasteiger partial charge in [-0.3, -0.25) is 18.6 Å². The summed E-state index contributed by atoms with van der Waals surface area (Å²) in [6.07, 6.45) is -1.67. The van der Waals surface area contributed by atoms with Crippen LogP contribution in [0.1, 0.15) is 32.3 Å². The summed E-state index contributed by atoms with van der Waals surface area (Å²) in [6, 6.07) is 21.7. The van der Waals surface area contributed by atoms with Gasteiger partial charge in [-0.2, -0.15) is 13.2 Å². The SMILES string of the molecule is Cc1c(-n2ccn3c(SC(C(=O)c4ccccc4)c4ccccc4)nnc3c2=O)cccc1C(F)(F)F. The Labute approximate surface area is 213 Å². The van der Waals surface area contributed by atoms with Gasteiger partial charge in [-0.05, 0) is 30.2 Å². The van der Waals surface area contributed by atoms with Gasteiger partial charge in [0.2, 0.25) is 5.65 Å². The lowest BCUT2D eigenvalue weighted by molar-refractivity contribution is -0.138. The third kappa shape index (κ3) is 4.67. The molecule has 0 aliphatic carbocycles. The number of hydrogen-bond donors (Lipinski definition) is 0. The number of hydrogen-bond acceptors (Lipinski definition) is 5. The molecule has 1 unspecified atom stereocenters. The summed E-state index contributed by atoms with van der Waals surface area (Å²) in [5.74, 6) is -0.138. The third-order valence-corrected chi connectivity index (χ3v) is 7.14. The van der Waals surface area contributed by atoms with Gasteiger partial charge in [0.1, 0.15) is 5.25 Å². The first-order chi connectivity index (χ1) is 17.8. The topological polar surface area (TPSA) is 69.3 Å². The monoisotopic (exact) mass is 520 g/mol. The van der Waals surface area contributed by atoms with E-state index in [-0.39, 0.29) is 22.7 Å². The number of alkyl halides is 3. The molecule has 0 saturated heterocycles. The van der Waals surface area contributed by atoms with Gasteiger partial charge in [-0.25, -0.2) is 0 Å². The molecule has 0 fully saturated rings. The minimum absolute atomic E-state index is 0.0687. The smallest absolute Gasteiger partial charge is 0.293 e. The van der Waals surface area contributed by atoms with Gasteiger partial charge in [0, 0.05) is 18.0 Å². The van der Waals surface area contributed by atoms with Crippen molar-refractivity contribution in [2.45, 2.75) is 23.5 Å². The minimum Gasteiger partial charge on any atom is -0.293 e. The number of aromatic nitrogens is 4. The minimum atomic E-state index is -4.55. The highest BCUT2D eigenvalue weighted by molar-refractivity contribution is 8.00. The van der Waals surface area contributed by atoms with Crippen LogP contribution < -0.4 is 5.56 Å². The van der Waals surface area contributed by atoms with Crippen molar-refractivity contribution >= 4 is 23.2 Å². The highest BCUT2D eigenvalue weighted by Crippen LogP contribution is 2.37. The number of benzene rings is 3. The molecule has 37 heavy (non-hydrogen) atoms. The van der Waals surface area contributed by atoms with Crippen LogP contribution in [0.15, 0.2) is 101 Å². The summed E-state index contributed by atoms with van der Waals surface area (Å²) in [6.45, 7) is 1.32. The van der Waals surface area contributed by atoms with Crippen LogP contribution in [0.3, 0.4) is 0 Å². The van der Waals surface area contributed by atoms with Crippen molar-refractivity contribution in [1.82, 2.24) is 19.2 Å². The molecule has 0 amide bonds. The van der Waals surface area contributed by atoms with Crippen LogP contribution >= 0.6 is 11.8 Å². The molecule has 0 bridgehead atoms. The van der Waals surface area contributed by atoms with Crippen molar-refractivity contribution < 1.29 is 18.0 Å². The molecule has 3 aromatic carbocycles. The number of rotatable bonds is 6. The van der Waals surface area contributed by atoms with E-state index in [1.165, 1.54) is 35.9 Å². The number of Topliss-reactive ketones (excluding diaryl/α,β-unsaturated/α-hetero) is 1. The maximum absolute atomic E-state index is 13.4. The van der Waals surface area contributed by atoms with E-state index in [2.05, 4.69) is 10.2 Å². The molecule has 6 nitrogen and oxygen atoms in total. The molecule has 5 aromatic rings. The van der Waals surface area contributed by atoms with Crippen LogP contribution in [0.4, 0.5) is 13.2 Å². The molecule has 0 radical (unpaired) electrons. The van der Waals surface area contributed by atoms with Crippen molar-refractivity contribution in [1.29, 1.82) is 0 Å². The van der Waals surface area contributed by atoms with E-state index in [1.807, 2.05) is 36.4 Å².